The summed E-state index contributed by atoms with van der Waals surface area (Å²) >= 11 is 3.45. The second-order valence-corrected chi connectivity index (χ2v) is 7.84. The van der Waals surface area contributed by atoms with Crippen molar-refractivity contribution in [1.29, 1.82) is 0 Å². The molecule has 0 saturated heterocycles. The van der Waals surface area contributed by atoms with E-state index in [-0.39, 0.29) is 5.97 Å². The Morgan fingerprint density at radius 2 is 1.70 bits per heavy atom. The van der Waals surface area contributed by atoms with Gasteiger partial charge in [-0.3, -0.25) is 4.98 Å². The number of carbonyl (C=O) groups is 1. The molecule has 156 valence electrons. The summed E-state index contributed by atoms with van der Waals surface area (Å²) in [7, 11) is 1.38. The van der Waals surface area contributed by atoms with E-state index in [4.69, 9.17) is 9.47 Å². The molecule has 0 bridgehead atoms. The maximum atomic E-state index is 11.5. The Labute approximate surface area is 185 Å². The molecule has 2 aromatic carbocycles. The van der Waals surface area contributed by atoms with Crippen molar-refractivity contribution in [1.82, 2.24) is 10.3 Å². The van der Waals surface area contributed by atoms with Crippen molar-refractivity contribution in [3.8, 4) is 5.75 Å². The Hall–Kier alpha value is -2.70. The summed E-state index contributed by atoms with van der Waals surface area (Å²) in [6.45, 7) is 3.97. The number of aromatic nitrogens is 1. The number of methoxy groups -OCH3 is 1. The van der Waals surface area contributed by atoms with Gasteiger partial charge in [-0.25, -0.2) is 4.79 Å². The van der Waals surface area contributed by atoms with Crippen LogP contribution in [0.1, 0.15) is 32.9 Å². The number of ether oxygens (including phenoxy) is 2. The van der Waals surface area contributed by atoms with Gasteiger partial charge in [0.15, 0.2) is 0 Å². The second kappa shape index (κ2) is 10.9. The van der Waals surface area contributed by atoms with Gasteiger partial charge in [0.2, 0.25) is 0 Å². The zero-order valence-corrected chi connectivity index (χ0v) is 18.7. The van der Waals surface area contributed by atoms with Crippen LogP contribution in [0.25, 0.3) is 0 Å². The highest BCUT2D eigenvalue weighted by Gasteiger charge is 2.08. The minimum atomic E-state index is -0.323. The molecule has 0 unspecified atom stereocenters. The molecular weight excluding hydrogens is 444 g/mol. The monoisotopic (exact) mass is 468 g/mol. The van der Waals surface area contributed by atoms with Crippen LogP contribution in [0.5, 0.6) is 5.75 Å². The third kappa shape index (κ3) is 6.40. The molecule has 0 aliphatic carbocycles. The van der Waals surface area contributed by atoms with E-state index in [9.17, 15) is 4.79 Å². The predicted octanol–water partition coefficient (Wildman–Crippen LogP) is 4.85. The van der Waals surface area contributed by atoms with Crippen molar-refractivity contribution >= 4 is 21.9 Å². The number of pyridine rings is 1. The molecule has 0 atom stereocenters. The van der Waals surface area contributed by atoms with Crippen LogP contribution >= 0.6 is 15.9 Å². The standard InChI is InChI=1S/C24H25BrN2O3/c1-17-3-12-23(30-16-19-6-10-21(25)11-7-19)22(27-17)13-14-26-15-18-4-8-20(9-5-18)24(28)29-2/h3-12,26H,13-16H2,1-2H3. The van der Waals surface area contributed by atoms with Gasteiger partial charge in [0.05, 0.1) is 18.4 Å². The van der Waals surface area contributed by atoms with Gasteiger partial charge in [-0.2, -0.15) is 0 Å². The van der Waals surface area contributed by atoms with Crippen LogP contribution in [0.4, 0.5) is 0 Å². The highest BCUT2D eigenvalue weighted by molar-refractivity contribution is 9.10. The highest BCUT2D eigenvalue weighted by Crippen LogP contribution is 2.20. The van der Waals surface area contributed by atoms with Gasteiger partial charge in [0.1, 0.15) is 12.4 Å². The lowest BCUT2D eigenvalue weighted by molar-refractivity contribution is 0.0600. The molecule has 6 heteroatoms. The molecule has 1 aromatic heterocycles. The lowest BCUT2D eigenvalue weighted by Crippen LogP contribution is -2.18. The predicted molar refractivity (Wildman–Crippen MR) is 121 cm³/mol. The topological polar surface area (TPSA) is 60.5 Å². The lowest BCUT2D eigenvalue weighted by atomic mass is 10.1. The van der Waals surface area contributed by atoms with E-state index in [0.717, 1.165) is 45.7 Å². The number of hydrogen-bond acceptors (Lipinski definition) is 5. The maximum Gasteiger partial charge on any atom is 0.337 e. The van der Waals surface area contributed by atoms with E-state index in [1.807, 2.05) is 55.5 Å². The fourth-order valence-corrected chi connectivity index (χ4v) is 3.23. The number of rotatable bonds is 9. The van der Waals surface area contributed by atoms with Crippen LogP contribution in [0, 0.1) is 6.92 Å². The van der Waals surface area contributed by atoms with Gasteiger partial charge in [0, 0.05) is 29.7 Å². The third-order valence-corrected chi connectivity index (χ3v) is 5.15. The summed E-state index contributed by atoms with van der Waals surface area (Å²) in [6.07, 6.45) is 0.762. The number of nitrogens with one attached hydrogen (secondary N) is 1. The van der Waals surface area contributed by atoms with Crippen molar-refractivity contribution in [2.24, 2.45) is 0 Å². The van der Waals surface area contributed by atoms with Gasteiger partial charge in [-0.1, -0.05) is 40.2 Å². The fourth-order valence-electron chi connectivity index (χ4n) is 2.97. The Kier molecular flexibility index (Phi) is 7.99. The highest BCUT2D eigenvalue weighted by atomic mass is 79.9. The Balaban J connectivity index is 1.52. The average Bonchev–Trinajstić information content (AvgIpc) is 2.77. The Bertz CT molecular complexity index is 973. The van der Waals surface area contributed by atoms with Gasteiger partial charge >= 0.3 is 5.97 Å². The summed E-state index contributed by atoms with van der Waals surface area (Å²) in [6, 6.07) is 19.5. The molecular formula is C24H25BrN2O3. The molecule has 0 fully saturated rings. The largest absolute Gasteiger partial charge is 0.487 e. The van der Waals surface area contributed by atoms with E-state index in [2.05, 4.69) is 26.2 Å². The number of aryl methyl sites for hydroxylation is 1. The smallest absolute Gasteiger partial charge is 0.337 e. The van der Waals surface area contributed by atoms with E-state index >= 15 is 0 Å². The van der Waals surface area contributed by atoms with E-state index in [1.165, 1.54) is 7.11 Å². The van der Waals surface area contributed by atoms with Crippen molar-refractivity contribution in [3.05, 3.63) is 93.2 Å². The molecule has 1 heterocycles. The number of halogens is 1. The number of esters is 1. The molecule has 0 saturated carbocycles. The van der Waals surface area contributed by atoms with Crippen molar-refractivity contribution in [2.45, 2.75) is 26.5 Å². The average molecular weight is 469 g/mol. The summed E-state index contributed by atoms with van der Waals surface area (Å²) in [5.41, 5.74) is 4.68. The Morgan fingerprint density at radius 1 is 1.00 bits per heavy atom. The number of nitrogens with zero attached hydrogens (tertiary/aromatic N) is 1. The summed E-state index contributed by atoms with van der Waals surface area (Å²) in [5, 5.41) is 3.42. The van der Waals surface area contributed by atoms with Gasteiger partial charge < -0.3 is 14.8 Å². The molecule has 3 aromatic rings. The minimum Gasteiger partial charge on any atom is -0.487 e. The van der Waals surface area contributed by atoms with Crippen LogP contribution < -0.4 is 10.1 Å². The van der Waals surface area contributed by atoms with Crippen LogP contribution in [0.2, 0.25) is 0 Å². The number of hydrogen-bond donors (Lipinski definition) is 1. The molecule has 0 aliphatic rings. The first-order valence-electron chi connectivity index (χ1n) is 9.77. The van der Waals surface area contributed by atoms with Crippen LogP contribution in [-0.2, 0) is 24.3 Å². The first-order valence-corrected chi connectivity index (χ1v) is 10.6. The second-order valence-electron chi connectivity index (χ2n) is 6.93. The van der Waals surface area contributed by atoms with Crippen molar-refractivity contribution < 1.29 is 14.3 Å². The van der Waals surface area contributed by atoms with Crippen molar-refractivity contribution in [3.63, 3.8) is 0 Å². The zero-order valence-electron chi connectivity index (χ0n) is 17.2. The molecule has 0 amide bonds. The van der Waals surface area contributed by atoms with Crippen LogP contribution in [-0.4, -0.2) is 24.6 Å². The summed E-state index contributed by atoms with van der Waals surface area (Å²) in [4.78, 5) is 16.2. The lowest BCUT2D eigenvalue weighted by Gasteiger charge is -2.12. The zero-order chi connectivity index (χ0) is 21.3. The summed E-state index contributed by atoms with van der Waals surface area (Å²) < 4.78 is 11.8. The molecule has 30 heavy (non-hydrogen) atoms. The van der Waals surface area contributed by atoms with E-state index < -0.39 is 0 Å². The third-order valence-electron chi connectivity index (χ3n) is 4.62. The first kappa shape index (κ1) is 22.0. The van der Waals surface area contributed by atoms with Gasteiger partial charge in [0.25, 0.3) is 0 Å². The molecule has 3 rings (SSSR count). The Morgan fingerprint density at radius 3 is 2.40 bits per heavy atom. The van der Waals surface area contributed by atoms with E-state index in [0.29, 0.717) is 18.7 Å². The van der Waals surface area contributed by atoms with Crippen LogP contribution in [0.3, 0.4) is 0 Å². The molecule has 0 aliphatic heterocycles. The molecule has 5 nitrogen and oxygen atoms in total. The quantitative estimate of drug-likeness (QED) is 0.359. The minimum absolute atomic E-state index is 0.323. The maximum absolute atomic E-state index is 11.5. The molecule has 0 spiro atoms. The number of carbonyl (C=O) groups excluding carboxylic acids is 1. The van der Waals surface area contributed by atoms with Crippen LogP contribution in [0.15, 0.2) is 65.1 Å². The number of benzene rings is 2. The van der Waals surface area contributed by atoms with Crippen molar-refractivity contribution in [2.75, 3.05) is 13.7 Å². The first-order chi connectivity index (χ1) is 14.5. The molecule has 0 radical (unpaired) electrons. The van der Waals surface area contributed by atoms with Gasteiger partial charge in [-0.05, 0) is 54.4 Å². The summed E-state index contributed by atoms with van der Waals surface area (Å²) in [5.74, 6) is 0.489. The fraction of sp³-hybridized carbons (Fsp3) is 0.250. The van der Waals surface area contributed by atoms with E-state index in [1.54, 1.807) is 12.1 Å². The SMILES string of the molecule is COC(=O)c1ccc(CNCCc2nc(C)ccc2OCc2ccc(Br)cc2)cc1. The molecule has 1 N–H and O–H groups in total. The van der Waals surface area contributed by atoms with Gasteiger partial charge in [-0.15, -0.1) is 0 Å². The normalized spacial score (nSPS) is 10.6.